The van der Waals surface area contributed by atoms with Crippen molar-refractivity contribution in [3.05, 3.63) is 0 Å². The standard InChI is InChI=1S/C9H17F2N/c1-12-7-9(10,11)6-8-4-2-3-5-8/h8,12H,2-7H2,1H3. The minimum atomic E-state index is -2.50. The van der Waals surface area contributed by atoms with Gasteiger partial charge in [0.1, 0.15) is 0 Å². The largest absolute Gasteiger partial charge is 0.314 e. The average Bonchev–Trinajstić information content (AvgIpc) is 2.38. The van der Waals surface area contributed by atoms with E-state index in [0.29, 0.717) is 0 Å². The van der Waals surface area contributed by atoms with Crippen LogP contribution in [0.15, 0.2) is 0 Å². The van der Waals surface area contributed by atoms with E-state index in [1.165, 1.54) is 0 Å². The van der Waals surface area contributed by atoms with Crippen LogP contribution < -0.4 is 5.32 Å². The maximum atomic E-state index is 13.0. The van der Waals surface area contributed by atoms with Crippen LogP contribution in [0.2, 0.25) is 0 Å². The van der Waals surface area contributed by atoms with Gasteiger partial charge in [0.15, 0.2) is 0 Å². The van der Waals surface area contributed by atoms with Gasteiger partial charge >= 0.3 is 0 Å². The number of halogens is 2. The maximum Gasteiger partial charge on any atom is 0.260 e. The highest BCUT2D eigenvalue weighted by molar-refractivity contribution is 4.77. The van der Waals surface area contributed by atoms with Gasteiger partial charge in [-0.1, -0.05) is 25.7 Å². The number of alkyl halides is 2. The van der Waals surface area contributed by atoms with Crippen molar-refractivity contribution in [1.29, 1.82) is 0 Å². The van der Waals surface area contributed by atoms with E-state index < -0.39 is 5.92 Å². The van der Waals surface area contributed by atoms with E-state index in [9.17, 15) is 8.78 Å². The third-order valence-electron chi connectivity index (χ3n) is 2.50. The Hall–Kier alpha value is -0.180. The highest BCUT2D eigenvalue weighted by Crippen LogP contribution is 2.33. The van der Waals surface area contributed by atoms with Gasteiger partial charge in [-0.05, 0) is 13.0 Å². The van der Waals surface area contributed by atoms with Crippen LogP contribution in [-0.4, -0.2) is 19.5 Å². The summed E-state index contributed by atoms with van der Waals surface area (Å²) in [4.78, 5) is 0. The molecule has 12 heavy (non-hydrogen) atoms. The van der Waals surface area contributed by atoms with Gasteiger partial charge in [0.05, 0.1) is 6.54 Å². The smallest absolute Gasteiger partial charge is 0.260 e. The Labute approximate surface area is 72.5 Å². The van der Waals surface area contributed by atoms with Gasteiger partial charge < -0.3 is 5.32 Å². The molecule has 0 unspecified atom stereocenters. The fourth-order valence-electron chi connectivity index (χ4n) is 1.97. The molecule has 1 rings (SSSR count). The fourth-order valence-corrected chi connectivity index (χ4v) is 1.97. The summed E-state index contributed by atoms with van der Waals surface area (Å²) in [6, 6.07) is 0. The van der Waals surface area contributed by atoms with Gasteiger partial charge in [-0.2, -0.15) is 0 Å². The van der Waals surface area contributed by atoms with Gasteiger partial charge in [-0.25, -0.2) is 8.78 Å². The third-order valence-corrected chi connectivity index (χ3v) is 2.50. The van der Waals surface area contributed by atoms with Crippen molar-refractivity contribution in [2.45, 2.75) is 38.0 Å². The molecule has 3 heteroatoms. The fraction of sp³-hybridized carbons (Fsp3) is 1.00. The highest BCUT2D eigenvalue weighted by Gasteiger charge is 2.32. The third kappa shape index (κ3) is 3.05. The zero-order chi connectivity index (χ0) is 9.03. The van der Waals surface area contributed by atoms with Crippen LogP contribution in [0.4, 0.5) is 8.78 Å². The molecule has 1 N–H and O–H groups in total. The summed E-state index contributed by atoms with van der Waals surface area (Å²) >= 11 is 0. The topological polar surface area (TPSA) is 12.0 Å². The molecule has 0 amide bonds. The molecule has 0 atom stereocenters. The average molecular weight is 177 g/mol. The summed E-state index contributed by atoms with van der Waals surface area (Å²) < 4.78 is 26.0. The van der Waals surface area contributed by atoms with Crippen molar-refractivity contribution >= 4 is 0 Å². The van der Waals surface area contributed by atoms with Crippen molar-refractivity contribution < 1.29 is 8.78 Å². The first-order valence-corrected chi connectivity index (χ1v) is 4.66. The van der Waals surface area contributed by atoms with Gasteiger partial charge in [-0.15, -0.1) is 0 Å². The molecule has 1 nitrogen and oxygen atoms in total. The van der Waals surface area contributed by atoms with Crippen LogP contribution in [0.1, 0.15) is 32.1 Å². The van der Waals surface area contributed by atoms with Crippen LogP contribution in [0.25, 0.3) is 0 Å². The van der Waals surface area contributed by atoms with Crippen molar-refractivity contribution in [2.75, 3.05) is 13.6 Å². The molecule has 0 bridgehead atoms. The molecule has 1 aliphatic carbocycles. The van der Waals surface area contributed by atoms with Gasteiger partial charge in [0.2, 0.25) is 0 Å². The lowest BCUT2D eigenvalue weighted by molar-refractivity contribution is -0.0191. The van der Waals surface area contributed by atoms with E-state index in [-0.39, 0.29) is 18.9 Å². The second kappa shape index (κ2) is 4.17. The summed E-state index contributed by atoms with van der Waals surface area (Å²) in [5.74, 6) is -2.22. The quantitative estimate of drug-likeness (QED) is 0.695. The summed E-state index contributed by atoms with van der Waals surface area (Å²) in [6.07, 6.45) is 4.35. The molecular weight excluding hydrogens is 160 g/mol. The SMILES string of the molecule is CNCC(F)(F)CC1CCCC1. The van der Waals surface area contributed by atoms with Crippen LogP contribution in [0, 0.1) is 5.92 Å². The molecule has 0 aromatic rings. The van der Waals surface area contributed by atoms with Crippen molar-refractivity contribution in [1.82, 2.24) is 5.32 Å². The first-order valence-electron chi connectivity index (χ1n) is 4.66. The molecule has 1 saturated carbocycles. The van der Waals surface area contributed by atoms with Gasteiger partial charge in [-0.3, -0.25) is 0 Å². The summed E-state index contributed by atoms with van der Waals surface area (Å²) in [5, 5.41) is 2.53. The van der Waals surface area contributed by atoms with Gasteiger partial charge in [0.25, 0.3) is 5.92 Å². The normalized spacial score (nSPS) is 20.2. The molecular formula is C9H17F2N. The van der Waals surface area contributed by atoms with E-state index >= 15 is 0 Å². The van der Waals surface area contributed by atoms with E-state index in [1.807, 2.05) is 0 Å². The molecule has 0 aromatic heterocycles. The molecule has 0 heterocycles. The zero-order valence-electron chi connectivity index (χ0n) is 7.58. The minimum absolute atomic E-state index is 0.0772. The summed E-state index contributed by atoms with van der Waals surface area (Å²) in [5.41, 5.74) is 0. The molecule has 0 aliphatic heterocycles. The number of rotatable bonds is 4. The summed E-state index contributed by atoms with van der Waals surface area (Å²) in [7, 11) is 1.57. The lowest BCUT2D eigenvalue weighted by Crippen LogP contribution is -2.32. The molecule has 0 saturated heterocycles. The Morgan fingerprint density at radius 3 is 2.42 bits per heavy atom. The molecule has 1 aliphatic rings. The van der Waals surface area contributed by atoms with E-state index in [2.05, 4.69) is 5.32 Å². The number of hydrogen-bond donors (Lipinski definition) is 1. The van der Waals surface area contributed by atoms with E-state index in [0.717, 1.165) is 25.7 Å². The molecule has 0 spiro atoms. The first-order chi connectivity index (χ1) is 5.64. The molecule has 0 aromatic carbocycles. The second-order valence-electron chi connectivity index (χ2n) is 3.74. The number of hydrogen-bond acceptors (Lipinski definition) is 1. The van der Waals surface area contributed by atoms with Crippen LogP contribution in [0.5, 0.6) is 0 Å². The summed E-state index contributed by atoms with van der Waals surface area (Å²) in [6.45, 7) is -0.177. The Balaban J connectivity index is 2.27. The molecule has 0 radical (unpaired) electrons. The van der Waals surface area contributed by atoms with Gasteiger partial charge in [0, 0.05) is 6.42 Å². The van der Waals surface area contributed by atoms with E-state index in [1.54, 1.807) is 7.05 Å². The first kappa shape index (κ1) is 9.90. The van der Waals surface area contributed by atoms with Crippen LogP contribution in [0.3, 0.4) is 0 Å². The highest BCUT2D eigenvalue weighted by atomic mass is 19.3. The minimum Gasteiger partial charge on any atom is -0.314 e. The van der Waals surface area contributed by atoms with Crippen molar-refractivity contribution in [3.8, 4) is 0 Å². The Morgan fingerprint density at radius 1 is 1.33 bits per heavy atom. The van der Waals surface area contributed by atoms with Crippen molar-refractivity contribution in [2.24, 2.45) is 5.92 Å². The predicted molar refractivity (Wildman–Crippen MR) is 45.4 cm³/mol. The molecule has 72 valence electrons. The van der Waals surface area contributed by atoms with Crippen molar-refractivity contribution in [3.63, 3.8) is 0 Å². The Morgan fingerprint density at radius 2 is 1.92 bits per heavy atom. The number of nitrogens with one attached hydrogen (secondary N) is 1. The second-order valence-corrected chi connectivity index (χ2v) is 3.74. The monoisotopic (exact) mass is 177 g/mol. The molecule has 1 fully saturated rings. The van der Waals surface area contributed by atoms with Crippen LogP contribution in [-0.2, 0) is 0 Å². The zero-order valence-corrected chi connectivity index (χ0v) is 7.58. The lowest BCUT2D eigenvalue weighted by atomic mass is 9.99. The Bertz CT molecular complexity index is 130. The maximum absolute atomic E-state index is 13.0. The predicted octanol–water partition coefficient (Wildman–Crippen LogP) is 2.42. The Kier molecular flexibility index (Phi) is 3.44. The van der Waals surface area contributed by atoms with Crippen LogP contribution >= 0.6 is 0 Å². The van der Waals surface area contributed by atoms with E-state index in [4.69, 9.17) is 0 Å². The lowest BCUT2D eigenvalue weighted by Gasteiger charge is -2.19.